The van der Waals surface area contributed by atoms with Crippen molar-refractivity contribution in [1.29, 1.82) is 0 Å². The summed E-state index contributed by atoms with van der Waals surface area (Å²) in [6.45, 7) is 0.249. The van der Waals surface area contributed by atoms with Crippen LogP contribution in [0.3, 0.4) is 0 Å². The molecule has 122 valence electrons. The summed E-state index contributed by atoms with van der Waals surface area (Å²) in [6, 6.07) is 5.48. The Labute approximate surface area is 127 Å². The van der Waals surface area contributed by atoms with Crippen molar-refractivity contribution in [2.24, 2.45) is 0 Å². The van der Waals surface area contributed by atoms with Crippen LogP contribution in [0.25, 0.3) is 0 Å². The average molecular weight is 397 g/mol. The molecule has 0 atom stereocenters. The fourth-order valence-corrected chi connectivity index (χ4v) is 1.38. The molecule has 0 heterocycles. The molecular formula is C10H12BrF3O6S. The molecule has 0 aliphatic carbocycles. The van der Waals surface area contributed by atoms with E-state index in [2.05, 4.69) is 15.9 Å². The Kier molecular flexibility index (Phi) is 8.00. The van der Waals surface area contributed by atoms with Crippen molar-refractivity contribution in [1.82, 2.24) is 0 Å². The molecule has 0 saturated heterocycles. The first-order chi connectivity index (χ1) is 9.52. The second kappa shape index (κ2) is 8.41. The molecule has 0 fully saturated rings. The van der Waals surface area contributed by atoms with Gasteiger partial charge in [0, 0.05) is 7.11 Å². The molecule has 0 aliphatic heterocycles. The van der Waals surface area contributed by atoms with Crippen LogP contribution in [0.5, 0.6) is 11.5 Å². The minimum Gasteiger partial charge on any atom is -0.496 e. The van der Waals surface area contributed by atoms with Gasteiger partial charge in [-0.2, -0.15) is 21.6 Å². The van der Waals surface area contributed by atoms with E-state index in [4.69, 9.17) is 27.2 Å². The standard InChI is InChI=1S/C9H11BrO3.CHF3O3S/c1-11-6-13-7-3-4-9(12-2)8(10)5-7;2-1(3,4)8(5,6)7/h3-5H,6H2,1-2H3;(H,5,6,7). The molecule has 0 unspecified atom stereocenters. The molecule has 0 aromatic heterocycles. The smallest absolute Gasteiger partial charge is 0.496 e. The highest BCUT2D eigenvalue weighted by Gasteiger charge is 2.44. The molecule has 6 nitrogen and oxygen atoms in total. The summed E-state index contributed by atoms with van der Waals surface area (Å²) in [5, 5.41) is 0. The van der Waals surface area contributed by atoms with Crippen molar-refractivity contribution in [2.75, 3.05) is 21.0 Å². The van der Waals surface area contributed by atoms with Crippen LogP contribution in [0, 0.1) is 0 Å². The van der Waals surface area contributed by atoms with Gasteiger partial charge in [0.1, 0.15) is 11.5 Å². The monoisotopic (exact) mass is 396 g/mol. The van der Waals surface area contributed by atoms with Gasteiger partial charge in [-0.3, -0.25) is 4.55 Å². The van der Waals surface area contributed by atoms with Gasteiger partial charge in [-0.05, 0) is 34.1 Å². The molecule has 1 aromatic rings. The molecule has 0 amide bonds. The molecule has 11 heteroatoms. The van der Waals surface area contributed by atoms with E-state index in [1.807, 2.05) is 18.2 Å². The van der Waals surface area contributed by atoms with Gasteiger partial charge < -0.3 is 14.2 Å². The maximum absolute atomic E-state index is 10.7. The highest BCUT2D eigenvalue weighted by atomic mass is 79.9. The van der Waals surface area contributed by atoms with Gasteiger partial charge in [-0.25, -0.2) is 0 Å². The molecule has 0 saturated carbocycles. The van der Waals surface area contributed by atoms with Crippen molar-refractivity contribution in [3.8, 4) is 11.5 Å². The topological polar surface area (TPSA) is 82.1 Å². The van der Waals surface area contributed by atoms with Gasteiger partial charge in [-0.1, -0.05) is 0 Å². The Balaban J connectivity index is 0.000000433. The lowest BCUT2D eigenvalue weighted by molar-refractivity contribution is -0.0510. The van der Waals surface area contributed by atoms with Gasteiger partial charge >= 0.3 is 15.6 Å². The molecule has 0 radical (unpaired) electrons. The number of ether oxygens (including phenoxy) is 3. The van der Waals surface area contributed by atoms with Crippen molar-refractivity contribution < 1.29 is 40.4 Å². The highest BCUT2D eigenvalue weighted by molar-refractivity contribution is 9.10. The number of methoxy groups -OCH3 is 2. The zero-order valence-electron chi connectivity index (χ0n) is 10.8. The van der Waals surface area contributed by atoms with E-state index in [-0.39, 0.29) is 6.79 Å². The Morgan fingerprint density at radius 2 is 1.81 bits per heavy atom. The van der Waals surface area contributed by atoms with Crippen LogP contribution in [0.1, 0.15) is 0 Å². The maximum atomic E-state index is 10.7. The lowest BCUT2D eigenvalue weighted by Crippen LogP contribution is -2.21. The third kappa shape index (κ3) is 7.50. The van der Waals surface area contributed by atoms with Crippen LogP contribution in [0.15, 0.2) is 22.7 Å². The third-order valence-electron chi connectivity index (χ3n) is 1.76. The van der Waals surface area contributed by atoms with E-state index in [1.54, 1.807) is 14.2 Å². The predicted molar refractivity (Wildman–Crippen MR) is 70.8 cm³/mol. The largest absolute Gasteiger partial charge is 0.522 e. The van der Waals surface area contributed by atoms with Crippen LogP contribution >= 0.6 is 15.9 Å². The summed E-state index contributed by atoms with van der Waals surface area (Å²) in [4.78, 5) is 0. The maximum Gasteiger partial charge on any atom is 0.522 e. The lowest BCUT2D eigenvalue weighted by atomic mass is 10.3. The summed E-state index contributed by atoms with van der Waals surface area (Å²) >= 11 is 3.35. The lowest BCUT2D eigenvalue weighted by Gasteiger charge is -2.07. The summed E-state index contributed by atoms with van der Waals surface area (Å²) in [5.74, 6) is 1.53. The number of rotatable bonds is 4. The molecule has 1 rings (SSSR count). The molecule has 0 bridgehead atoms. The summed E-state index contributed by atoms with van der Waals surface area (Å²) in [7, 11) is -2.64. The normalized spacial score (nSPS) is 11.4. The number of alkyl halides is 3. The number of halogens is 4. The van der Waals surface area contributed by atoms with E-state index >= 15 is 0 Å². The third-order valence-corrected chi connectivity index (χ3v) is 2.96. The van der Waals surface area contributed by atoms with E-state index < -0.39 is 15.6 Å². The first-order valence-electron chi connectivity index (χ1n) is 5.02. The minimum absolute atomic E-state index is 0.249. The minimum atomic E-state index is -5.84. The van der Waals surface area contributed by atoms with Crippen LogP contribution in [-0.4, -0.2) is 39.5 Å². The van der Waals surface area contributed by atoms with Crippen LogP contribution in [-0.2, 0) is 14.9 Å². The predicted octanol–water partition coefficient (Wildman–Crippen LogP) is 2.83. The van der Waals surface area contributed by atoms with Crippen LogP contribution < -0.4 is 9.47 Å². The first kappa shape index (κ1) is 20.0. The summed E-state index contributed by atoms with van der Waals surface area (Å²) < 4.78 is 73.5. The molecule has 21 heavy (non-hydrogen) atoms. The number of hydrogen-bond donors (Lipinski definition) is 1. The summed E-state index contributed by atoms with van der Waals surface area (Å²) in [6.07, 6.45) is 0. The number of hydrogen-bond acceptors (Lipinski definition) is 5. The van der Waals surface area contributed by atoms with Gasteiger partial charge in [0.25, 0.3) is 0 Å². The first-order valence-corrected chi connectivity index (χ1v) is 7.25. The summed E-state index contributed by atoms with van der Waals surface area (Å²) in [5.41, 5.74) is -5.53. The second-order valence-electron chi connectivity index (χ2n) is 3.27. The SMILES string of the molecule is COCOc1ccc(OC)c(Br)c1.O=S(=O)(O)C(F)(F)F. The fraction of sp³-hybridized carbons (Fsp3) is 0.400. The zero-order valence-corrected chi connectivity index (χ0v) is 13.3. The molecule has 0 aliphatic rings. The molecule has 1 aromatic carbocycles. The van der Waals surface area contributed by atoms with Crippen molar-refractivity contribution in [3.05, 3.63) is 22.7 Å². The van der Waals surface area contributed by atoms with Gasteiger partial charge in [-0.15, -0.1) is 0 Å². The van der Waals surface area contributed by atoms with Crippen LogP contribution in [0.2, 0.25) is 0 Å². The Morgan fingerprint density at radius 1 is 1.29 bits per heavy atom. The Hall–Kier alpha value is -1.04. The Morgan fingerprint density at radius 3 is 2.14 bits per heavy atom. The molecule has 1 N–H and O–H groups in total. The van der Waals surface area contributed by atoms with Crippen molar-refractivity contribution >= 4 is 26.0 Å². The van der Waals surface area contributed by atoms with E-state index in [0.717, 1.165) is 16.0 Å². The quantitative estimate of drug-likeness (QED) is 0.478. The van der Waals surface area contributed by atoms with E-state index in [9.17, 15) is 13.2 Å². The van der Waals surface area contributed by atoms with Gasteiger partial charge in [0.15, 0.2) is 6.79 Å². The van der Waals surface area contributed by atoms with Crippen molar-refractivity contribution in [2.45, 2.75) is 5.51 Å². The van der Waals surface area contributed by atoms with E-state index in [0.29, 0.717) is 0 Å². The molecular weight excluding hydrogens is 385 g/mol. The fourth-order valence-electron chi connectivity index (χ4n) is 0.864. The van der Waals surface area contributed by atoms with Gasteiger partial charge in [0.05, 0.1) is 11.6 Å². The average Bonchev–Trinajstić information content (AvgIpc) is 2.35. The van der Waals surface area contributed by atoms with E-state index in [1.165, 1.54) is 0 Å². The molecule has 0 spiro atoms. The van der Waals surface area contributed by atoms with Crippen LogP contribution in [0.4, 0.5) is 13.2 Å². The zero-order chi connectivity index (χ0) is 16.7. The van der Waals surface area contributed by atoms with Crippen molar-refractivity contribution in [3.63, 3.8) is 0 Å². The highest BCUT2D eigenvalue weighted by Crippen LogP contribution is 2.28. The second-order valence-corrected chi connectivity index (χ2v) is 5.54. The number of benzene rings is 1. The van der Waals surface area contributed by atoms with Gasteiger partial charge in [0.2, 0.25) is 0 Å². The Bertz CT molecular complexity index is 546.